The van der Waals surface area contributed by atoms with Crippen LogP contribution in [-0.4, -0.2) is 13.7 Å². The minimum atomic E-state index is -0.0307. The summed E-state index contributed by atoms with van der Waals surface area (Å²) in [7, 11) is 1.66. The van der Waals surface area contributed by atoms with Crippen molar-refractivity contribution in [2.45, 2.75) is 13.0 Å². The van der Waals surface area contributed by atoms with Crippen molar-refractivity contribution in [3.63, 3.8) is 0 Å². The van der Waals surface area contributed by atoms with Crippen LogP contribution in [0, 0.1) is 6.92 Å². The van der Waals surface area contributed by atoms with Gasteiger partial charge in [-0.2, -0.15) is 0 Å². The second-order valence-electron chi connectivity index (χ2n) is 3.07. The van der Waals surface area contributed by atoms with Gasteiger partial charge < -0.3 is 10.5 Å². The summed E-state index contributed by atoms with van der Waals surface area (Å²) in [4.78, 5) is 0. The van der Waals surface area contributed by atoms with Gasteiger partial charge >= 0.3 is 0 Å². The maximum Gasteiger partial charge on any atom is 0.0655 e. The molecule has 0 fully saturated rings. The summed E-state index contributed by atoms with van der Waals surface area (Å²) in [6, 6.07) is 6.08. The number of nitrogens with two attached hydrogens (primary N) is 1. The average Bonchev–Trinajstić information content (AvgIpc) is 2.10. The van der Waals surface area contributed by atoms with Crippen LogP contribution >= 0.6 is 15.9 Å². The molecule has 0 bridgehead atoms. The Morgan fingerprint density at radius 3 is 2.77 bits per heavy atom. The standard InChI is InChI=1S/C10H14BrNO/c1-7-5-8(3-4-9(7)11)10(12)6-13-2/h3-5,10H,6,12H2,1-2H3/t10-/m1/s1. The summed E-state index contributed by atoms with van der Waals surface area (Å²) in [6.07, 6.45) is 0. The van der Waals surface area contributed by atoms with Crippen LogP contribution in [0.1, 0.15) is 17.2 Å². The Morgan fingerprint density at radius 2 is 2.23 bits per heavy atom. The molecule has 2 N–H and O–H groups in total. The molecule has 0 aliphatic heterocycles. The number of aryl methyl sites for hydroxylation is 1. The van der Waals surface area contributed by atoms with E-state index < -0.39 is 0 Å². The summed E-state index contributed by atoms with van der Waals surface area (Å²) in [6.45, 7) is 2.61. The molecule has 1 atom stereocenters. The number of benzene rings is 1. The molecule has 0 spiro atoms. The van der Waals surface area contributed by atoms with Crippen molar-refractivity contribution in [2.75, 3.05) is 13.7 Å². The zero-order chi connectivity index (χ0) is 9.84. The van der Waals surface area contributed by atoms with Crippen LogP contribution in [0.2, 0.25) is 0 Å². The normalized spacial score (nSPS) is 12.9. The van der Waals surface area contributed by atoms with E-state index in [9.17, 15) is 0 Å². The van der Waals surface area contributed by atoms with Gasteiger partial charge in [0.1, 0.15) is 0 Å². The second kappa shape index (κ2) is 4.74. The van der Waals surface area contributed by atoms with Gasteiger partial charge in [-0.1, -0.05) is 28.1 Å². The van der Waals surface area contributed by atoms with E-state index in [0.29, 0.717) is 6.61 Å². The first-order chi connectivity index (χ1) is 6.15. The molecule has 13 heavy (non-hydrogen) atoms. The number of methoxy groups -OCH3 is 1. The zero-order valence-corrected chi connectivity index (χ0v) is 9.47. The van der Waals surface area contributed by atoms with E-state index >= 15 is 0 Å². The minimum absolute atomic E-state index is 0.0307. The fraction of sp³-hybridized carbons (Fsp3) is 0.400. The molecule has 0 radical (unpaired) electrons. The minimum Gasteiger partial charge on any atom is -0.383 e. The van der Waals surface area contributed by atoms with Gasteiger partial charge in [-0.3, -0.25) is 0 Å². The van der Waals surface area contributed by atoms with Crippen molar-refractivity contribution >= 4 is 15.9 Å². The molecule has 0 amide bonds. The first-order valence-electron chi connectivity index (χ1n) is 4.15. The van der Waals surface area contributed by atoms with Crippen LogP contribution in [0.15, 0.2) is 22.7 Å². The molecule has 0 aliphatic rings. The smallest absolute Gasteiger partial charge is 0.0655 e. The largest absolute Gasteiger partial charge is 0.383 e. The molecule has 0 heterocycles. The number of rotatable bonds is 3. The van der Waals surface area contributed by atoms with Gasteiger partial charge in [0, 0.05) is 11.6 Å². The highest BCUT2D eigenvalue weighted by atomic mass is 79.9. The number of hydrogen-bond donors (Lipinski definition) is 1. The third kappa shape index (κ3) is 2.79. The second-order valence-corrected chi connectivity index (χ2v) is 3.92. The van der Waals surface area contributed by atoms with Crippen LogP contribution in [0.5, 0.6) is 0 Å². The number of halogens is 1. The SMILES string of the molecule is COC[C@@H](N)c1ccc(Br)c(C)c1. The van der Waals surface area contributed by atoms with Crippen LogP contribution in [0.25, 0.3) is 0 Å². The van der Waals surface area contributed by atoms with Crippen molar-refractivity contribution in [2.24, 2.45) is 5.73 Å². The lowest BCUT2D eigenvalue weighted by molar-refractivity contribution is 0.181. The fourth-order valence-electron chi connectivity index (χ4n) is 1.17. The lowest BCUT2D eigenvalue weighted by Crippen LogP contribution is -2.16. The Bertz CT molecular complexity index is 288. The number of hydrogen-bond acceptors (Lipinski definition) is 2. The Balaban J connectivity index is 2.84. The maximum absolute atomic E-state index is 5.88. The summed E-state index contributed by atoms with van der Waals surface area (Å²) >= 11 is 3.45. The molecule has 1 aromatic rings. The molecule has 72 valence electrons. The van der Waals surface area contributed by atoms with E-state index in [-0.39, 0.29) is 6.04 Å². The highest BCUT2D eigenvalue weighted by Gasteiger charge is 2.05. The quantitative estimate of drug-likeness (QED) is 0.886. The highest BCUT2D eigenvalue weighted by Crippen LogP contribution is 2.20. The average molecular weight is 244 g/mol. The van der Waals surface area contributed by atoms with Crippen molar-refractivity contribution in [1.29, 1.82) is 0 Å². The van der Waals surface area contributed by atoms with Gasteiger partial charge in [0.25, 0.3) is 0 Å². The molecule has 1 aromatic carbocycles. The Labute approximate surface area is 87.2 Å². The van der Waals surface area contributed by atoms with Crippen LogP contribution in [-0.2, 0) is 4.74 Å². The van der Waals surface area contributed by atoms with Gasteiger partial charge in [0.2, 0.25) is 0 Å². The molecule has 0 saturated heterocycles. The van der Waals surface area contributed by atoms with Crippen LogP contribution < -0.4 is 5.73 Å². The van der Waals surface area contributed by atoms with E-state index in [1.54, 1.807) is 7.11 Å². The van der Waals surface area contributed by atoms with E-state index in [2.05, 4.69) is 22.0 Å². The molecular formula is C10H14BrNO. The Kier molecular flexibility index (Phi) is 3.90. The summed E-state index contributed by atoms with van der Waals surface area (Å²) < 4.78 is 6.10. The molecule has 0 unspecified atom stereocenters. The predicted octanol–water partition coefficient (Wildman–Crippen LogP) is 2.40. The first-order valence-corrected chi connectivity index (χ1v) is 4.95. The van der Waals surface area contributed by atoms with E-state index in [1.165, 1.54) is 5.56 Å². The molecule has 0 aliphatic carbocycles. The van der Waals surface area contributed by atoms with Crippen LogP contribution in [0.3, 0.4) is 0 Å². The third-order valence-corrected chi connectivity index (χ3v) is 2.85. The van der Waals surface area contributed by atoms with Crippen molar-refractivity contribution in [3.05, 3.63) is 33.8 Å². The lowest BCUT2D eigenvalue weighted by Gasteiger charge is -2.11. The summed E-state index contributed by atoms with van der Waals surface area (Å²) in [5, 5.41) is 0. The van der Waals surface area contributed by atoms with Crippen molar-refractivity contribution < 1.29 is 4.74 Å². The number of ether oxygens (including phenoxy) is 1. The summed E-state index contributed by atoms with van der Waals surface area (Å²) in [5.74, 6) is 0. The lowest BCUT2D eigenvalue weighted by atomic mass is 10.1. The summed E-state index contributed by atoms with van der Waals surface area (Å²) in [5.41, 5.74) is 8.20. The first kappa shape index (κ1) is 10.7. The van der Waals surface area contributed by atoms with Crippen molar-refractivity contribution in [3.8, 4) is 0 Å². The molecular weight excluding hydrogens is 230 g/mol. The Hall–Kier alpha value is -0.380. The van der Waals surface area contributed by atoms with Gasteiger partial charge in [0.05, 0.1) is 12.6 Å². The monoisotopic (exact) mass is 243 g/mol. The molecule has 0 saturated carbocycles. The molecule has 1 rings (SSSR count). The predicted molar refractivity (Wildman–Crippen MR) is 57.7 cm³/mol. The van der Waals surface area contributed by atoms with E-state index in [4.69, 9.17) is 10.5 Å². The van der Waals surface area contributed by atoms with Gasteiger partial charge in [-0.05, 0) is 24.1 Å². The molecule has 2 nitrogen and oxygen atoms in total. The van der Waals surface area contributed by atoms with E-state index in [1.807, 2.05) is 19.1 Å². The van der Waals surface area contributed by atoms with Gasteiger partial charge in [-0.15, -0.1) is 0 Å². The molecule has 3 heteroatoms. The van der Waals surface area contributed by atoms with Crippen molar-refractivity contribution in [1.82, 2.24) is 0 Å². The van der Waals surface area contributed by atoms with Crippen LogP contribution in [0.4, 0.5) is 0 Å². The zero-order valence-electron chi connectivity index (χ0n) is 7.88. The van der Waals surface area contributed by atoms with E-state index in [0.717, 1.165) is 10.0 Å². The fourth-order valence-corrected chi connectivity index (χ4v) is 1.42. The van der Waals surface area contributed by atoms with Gasteiger partial charge in [-0.25, -0.2) is 0 Å². The van der Waals surface area contributed by atoms with Gasteiger partial charge in [0.15, 0.2) is 0 Å². The third-order valence-electron chi connectivity index (χ3n) is 1.96. The topological polar surface area (TPSA) is 35.2 Å². The molecule has 0 aromatic heterocycles. The highest BCUT2D eigenvalue weighted by molar-refractivity contribution is 9.10. The Morgan fingerprint density at radius 1 is 1.54 bits per heavy atom. The maximum atomic E-state index is 5.88.